The van der Waals surface area contributed by atoms with Crippen LogP contribution in [0.2, 0.25) is 0 Å². The van der Waals surface area contributed by atoms with Gasteiger partial charge in [-0.3, -0.25) is 9.98 Å². The van der Waals surface area contributed by atoms with Crippen LogP contribution in [0, 0.1) is 6.92 Å². The Labute approximate surface area is 298 Å². The van der Waals surface area contributed by atoms with Gasteiger partial charge in [0.25, 0.3) is 0 Å². The monoisotopic (exact) mass is 730 g/mol. The van der Waals surface area contributed by atoms with E-state index in [1.165, 1.54) is 97.6 Å². The van der Waals surface area contributed by atoms with Crippen LogP contribution in [-0.4, -0.2) is 11.9 Å². The first-order valence-corrected chi connectivity index (χ1v) is 20.3. The van der Waals surface area contributed by atoms with Crippen LogP contribution in [0.15, 0.2) is 70.6 Å². The number of hydrogen-bond donors (Lipinski definition) is 0. The van der Waals surface area contributed by atoms with E-state index in [0.717, 1.165) is 49.2 Å². The molecular formula is C42H61BrN2Ni-. The Balaban J connectivity index is 0.00000163. The number of nitrogens with zero attached hydrogens (tertiary/aromatic N) is 2. The number of rotatable bonds is 18. The molecule has 0 radical (unpaired) electrons. The maximum atomic E-state index is 5.17. The summed E-state index contributed by atoms with van der Waals surface area (Å²) in [6.45, 7) is 17.0. The van der Waals surface area contributed by atoms with Crippen molar-refractivity contribution < 1.29 is 13.7 Å². The molecule has 0 saturated heterocycles. The van der Waals surface area contributed by atoms with Gasteiger partial charge in [0, 0.05) is 6.21 Å². The van der Waals surface area contributed by atoms with Crippen LogP contribution in [0.1, 0.15) is 134 Å². The van der Waals surface area contributed by atoms with Crippen molar-refractivity contribution in [3.05, 3.63) is 89.8 Å². The molecule has 0 N–H and O–H groups in total. The van der Waals surface area contributed by atoms with Gasteiger partial charge in [-0.15, -0.1) is 0 Å². The summed E-state index contributed by atoms with van der Waals surface area (Å²) in [5, 5.41) is 0. The summed E-state index contributed by atoms with van der Waals surface area (Å²) in [6.07, 6.45) is 19.4. The molecule has 2 nitrogen and oxygen atoms in total. The van der Waals surface area contributed by atoms with Crippen LogP contribution in [0.4, 0.5) is 11.4 Å². The molecule has 0 aliphatic heterocycles. The molecule has 0 aromatic heterocycles. The fourth-order valence-corrected chi connectivity index (χ4v) is 5.31. The predicted octanol–water partition coefficient (Wildman–Crippen LogP) is 14.1. The van der Waals surface area contributed by atoms with Gasteiger partial charge in [-0.25, -0.2) is 0 Å². The number of aryl methyl sites for hydroxylation is 3. The van der Waals surface area contributed by atoms with Crippen molar-refractivity contribution in [2.24, 2.45) is 9.98 Å². The molecule has 3 aromatic rings. The molecule has 0 saturated carbocycles. The number of unbranched alkanes of at least 4 members (excludes halogenated alkanes) is 5. The summed E-state index contributed by atoms with van der Waals surface area (Å²) < 4.78 is 0. The molecule has 0 spiro atoms. The zero-order valence-electron chi connectivity index (χ0n) is 29.8. The van der Waals surface area contributed by atoms with E-state index < -0.39 is 0 Å². The predicted molar refractivity (Wildman–Crippen MR) is 207 cm³/mol. The van der Waals surface area contributed by atoms with Gasteiger partial charge in [0.1, 0.15) is 0 Å². The Kier molecular flexibility index (Phi) is 24.6. The van der Waals surface area contributed by atoms with Gasteiger partial charge in [0.2, 0.25) is 0 Å². The van der Waals surface area contributed by atoms with E-state index in [2.05, 4.69) is 137 Å². The first kappa shape index (κ1) is 42.0. The van der Waals surface area contributed by atoms with Crippen molar-refractivity contribution >= 4 is 37.5 Å². The van der Waals surface area contributed by atoms with Crippen molar-refractivity contribution in [2.75, 3.05) is 0 Å². The van der Waals surface area contributed by atoms with Crippen LogP contribution in [0.5, 0.6) is 0 Å². The molecule has 0 heterocycles. The molecule has 0 aliphatic carbocycles. The van der Waals surface area contributed by atoms with Crippen molar-refractivity contribution in [1.29, 1.82) is 0 Å². The van der Waals surface area contributed by atoms with Crippen molar-refractivity contribution in [3.63, 3.8) is 0 Å². The summed E-state index contributed by atoms with van der Waals surface area (Å²) >= 11 is 6.25. The van der Waals surface area contributed by atoms with Gasteiger partial charge < -0.3 is 6.92 Å². The number of aliphatic imine (C=N–C) groups is 2. The quantitative estimate of drug-likeness (QED) is 0.0707. The van der Waals surface area contributed by atoms with Gasteiger partial charge in [0.05, 0.1) is 17.1 Å². The minimum absolute atomic E-state index is 0.851. The van der Waals surface area contributed by atoms with E-state index in [1.54, 1.807) is 0 Å². The summed E-state index contributed by atoms with van der Waals surface area (Å²) in [5.41, 5.74) is 11.7. The van der Waals surface area contributed by atoms with Crippen LogP contribution in [0.25, 0.3) is 11.1 Å². The molecule has 0 unspecified atom stereocenters. The van der Waals surface area contributed by atoms with E-state index >= 15 is 0 Å². The molecule has 0 fully saturated rings. The van der Waals surface area contributed by atoms with Crippen LogP contribution in [0.3, 0.4) is 0 Å². The molecule has 0 bridgehead atoms. The second-order valence-corrected chi connectivity index (χ2v) is 11.9. The standard InChI is InChI=1S/C38H52N2.C4H9.BrH.Ni/c1-6-11-18-30-24-25-35(26-32(30)19-12-7-2)39-29-34(10-5)40-36-27-33(20-13-8-3)37(23-14-9-4)38(28-36)31-21-16-15-17-22-31;1-3-4-2;;/h15-17,21-22,24-29H,6-14,18-20,23H2,1-5H3;1,3-4H2,2H3;1H;/q;-1;;+1/p-1. The Morgan fingerprint density at radius 1 is 0.652 bits per heavy atom. The van der Waals surface area contributed by atoms with E-state index in [9.17, 15) is 0 Å². The summed E-state index contributed by atoms with van der Waals surface area (Å²) in [6, 6.07) is 22.3. The average Bonchev–Trinajstić information content (AvgIpc) is 3.11. The third kappa shape index (κ3) is 15.7. The first-order valence-electron chi connectivity index (χ1n) is 17.9. The van der Waals surface area contributed by atoms with Crippen LogP contribution in [-0.2, 0) is 39.4 Å². The minimum atomic E-state index is 0.851. The maximum absolute atomic E-state index is 5.17. The zero-order chi connectivity index (χ0) is 34.0. The van der Waals surface area contributed by atoms with E-state index in [0.29, 0.717) is 0 Å². The molecule has 3 rings (SSSR count). The Morgan fingerprint density at radius 3 is 1.76 bits per heavy atom. The number of hydrogen-bond acceptors (Lipinski definition) is 2. The van der Waals surface area contributed by atoms with Crippen LogP contribution < -0.4 is 0 Å². The Bertz CT molecular complexity index is 1260. The molecule has 257 valence electrons. The molecule has 46 heavy (non-hydrogen) atoms. The van der Waals surface area contributed by atoms with Gasteiger partial charge in [-0.1, -0.05) is 110 Å². The first-order chi connectivity index (χ1) is 22.5. The van der Waals surface area contributed by atoms with E-state index in [1.807, 2.05) is 6.21 Å². The Hall–Kier alpha value is -2.03. The van der Waals surface area contributed by atoms with E-state index in [4.69, 9.17) is 9.98 Å². The van der Waals surface area contributed by atoms with Gasteiger partial charge in [0.15, 0.2) is 0 Å². The van der Waals surface area contributed by atoms with Gasteiger partial charge in [-0.05, 0) is 115 Å². The normalized spacial score (nSPS) is 11.2. The van der Waals surface area contributed by atoms with Crippen molar-refractivity contribution in [2.45, 2.75) is 138 Å². The van der Waals surface area contributed by atoms with Gasteiger partial charge >= 0.3 is 27.9 Å². The summed E-state index contributed by atoms with van der Waals surface area (Å²) in [5.74, 6) is 0. The zero-order valence-corrected chi connectivity index (χ0v) is 32.3. The number of halogens is 1. The van der Waals surface area contributed by atoms with Crippen LogP contribution >= 0.6 is 14.2 Å². The van der Waals surface area contributed by atoms with Crippen molar-refractivity contribution in [1.82, 2.24) is 0 Å². The molecule has 0 amide bonds. The summed E-state index contributed by atoms with van der Waals surface area (Å²) in [4.78, 5) is 10.1. The average molecular weight is 733 g/mol. The van der Waals surface area contributed by atoms with Crippen molar-refractivity contribution in [3.8, 4) is 11.1 Å². The fourth-order valence-electron chi connectivity index (χ4n) is 5.31. The second-order valence-electron chi connectivity index (χ2n) is 11.9. The SMILES string of the molecule is CCCCc1ccc(N=CC(CC)=Nc2cc(CCCC)c(CCCC)c(-c3ccccc3)c2)cc1CCCC.[CH2-]CCC.[Ni][Br]. The fraction of sp³-hybridized carbons (Fsp3) is 0.500. The van der Waals surface area contributed by atoms with E-state index in [-0.39, 0.29) is 0 Å². The third-order valence-corrected chi connectivity index (χ3v) is 8.13. The molecule has 4 heteroatoms. The third-order valence-electron chi connectivity index (χ3n) is 8.13. The molecular weight excluding hydrogens is 671 g/mol. The van der Waals surface area contributed by atoms with Gasteiger partial charge in [-0.2, -0.15) is 6.42 Å². The number of benzene rings is 3. The molecule has 0 atom stereocenters. The Morgan fingerprint density at radius 2 is 1.20 bits per heavy atom. The topological polar surface area (TPSA) is 24.7 Å². The summed E-state index contributed by atoms with van der Waals surface area (Å²) in [7, 11) is 0. The second kappa shape index (κ2) is 27.0. The molecule has 3 aromatic carbocycles. The molecule has 0 aliphatic rings.